The van der Waals surface area contributed by atoms with Gasteiger partial charge in [-0.25, -0.2) is 0 Å². The van der Waals surface area contributed by atoms with Crippen molar-refractivity contribution in [3.63, 3.8) is 0 Å². The molecule has 0 bridgehead atoms. The van der Waals surface area contributed by atoms with Crippen molar-refractivity contribution < 1.29 is 4.79 Å². The van der Waals surface area contributed by atoms with E-state index in [9.17, 15) is 4.79 Å². The number of aryl methyl sites for hydroxylation is 1. The zero-order chi connectivity index (χ0) is 13.0. The minimum absolute atomic E-state index is 0.0927. The van der Waals surface area contributed by atoms with Gasteiger partial charge >= 0.3 is 0 Å². The molecule has 4 heteroatoms. The predicted molar refractivity (Wildman–Crippen MR) is 70.4 cm³/mol. The fraction of sp³-hybridized carbons (Fsp3) is 0.286. The lowest BCUT2D eigenvalue weighted by atomic mass is 10.2. The summed E-state index contributed by atoms with van der Waals surface area (Å²) in [7, 11) is 1.92. The highest BCUT2D eigenvalue weighted by Gasteiger charge is 2.10. The molecule has 0 atom stereocenters. The van der Waals surface area contributed by atoms with Crippen LogP contribution in [0, 0.1) is 6.92 Å². The molecule has 0 amide bonds. The van der Waals surface area contributed by atoms with Crippen LogP contribution in [-0.4, -0.2) is 34.2 Å². The van der Waals surface area contributed by atoms with E-state index in [0.717, 1.165) is 11.4 Å². The topological polar surface area (TPSA) is 49.0 Å². The van der Waals surface area contributed by atoms with Gasteiger partial charge in [0.25, 0.3) is 0 Å². The Hall–Kier alpha value is -1.94. The number of ketones is 1. The summed E-state index contributed by atoms with van der Waals surface area (Å²) in [5.41, 5.74) is 2.63. The van der Waals surface area contributed by atoms with E-state index >= 15 is 0 Å². The average molecular weight is 243 g/mol. The predicted octanol–water partition coefficient (Wildman–Crippen LogP) is 2.03. The summed E-state index contributed by atoms with van der Waals surface area (Å²) >= 11 is 0. The van der Waals surface area contributed by atoms with Crippen molar-refractivity contribution in [2.75, 3.05) is 13.6 Å². The fourth-order valence-corrected chi connectivity index (χ4v) is 1.85. The number of aromatic amines is 1. The van der Waals surface area contributed by atoms with Gasteiger partial charge in [-0.2, -0.15) is 0 Å². The van der Waals surface area contributed by atoms with Gasteiger partial charge in [0.15, 0.2) is 5.78 Å². The summed E-state index contributed by atoms with van der Waals surface area (Å²) in [6, 6.07) is 9.55. The van der Waals surface area contributed by atoms with Gasteiger partial charge in [-0.05, 0) is 38.2 Å². The number of rotatable bonds is 5. The molecule has 2 aromatic rings. The van der Waals surface area contributed by atoms with Gasteiger partial charge in [0.2, 0.25) is 0 Å². The molecular weight excluding hydrogens is 226 g/mol. The van der Waals surface area contributed by atoms with Crippen molar-refractivity contribution in [1.82, 2.24) is 14.9 Å². The van der Waals surface area contributed by atoms with Crippen molar-refractivity contribution in [3.8, 4) is 0 Å². The average Bonchev–Trinajstić information content (AvgIpc) is 2.81. The Morgan fingerprint density at radius 1 is 1.33 bits per heavy atom. The molecular formula is C14H17N3O. The van der Waals surface area contributed by atoms with Crippen LogP contribution in [0.4, 0.5) is 0 Å². The van der Waals surface area contributed by atoms with Gasteiger partial charge in [-0.15, -0.1) is 0 Å². The summed E-state index contributed by atoms with van der Waals surface area (Å²) in [6.07, 6.45) is 1.76. The first-order valence-electron chi connectivity index (χ1n) is 5.93. The van der Waals surface area contributed by atoms with Gasteiger partial charge in [0.05, 0.1) is 17.9 Å². The largest absolute Gasteiger partial charge is 0.359 e. The SMILES string of the molecule is Cc1cccc(CN(C)CC(=O)c2ccc[nH]2)n1. The molecule has 0 radical (unpaired) electrons. The molecule has 2 rings (SSSR count). The molecule has 0 aliphatic carbocycles. The molecule has 0 fully saturated rings. The van der Waals surface area contributed by atoms with Gasteiger partial charge in [0, 0.05) is 18.4 Å². The van der Waals surface area contributed by atoms with Crippen molar-refractivity contribution >= 4 is 5.78 Å². The van der Waals surface area contributed by atoms with E-state index in [0.29, 0.717) is 18.8 Å². The second-order valence-corrected chi connectivity index (χ2v) is 4.45. The Bertz CT molecular complexity index is 520. The quantitative estimate of drug-likeness (QED) is 0.817. The third-order valence-electron chi connectivity index (χ3n) is 2.69. The van der Waals surface area contributed by atoms with Crippen LogP contribution >= 0.6 is 0 Å². The summed E-state index contributed by atoms with van der Waals surface area (Å²) in [5, 5.41) is 0. The molecule has 4 nitrogen and oxygen atoms in total. The summed E-state index contributed by atoms with van der Waals surface area (Å²) < 4.78 is 0. The third-order valence-corrected chi connectivity index (χ3v) is 2.69. The van der Waals surface area contributed by atoms with Crippen molar-refractivity contribution in [1.29, 1.82) is 0 Å². The molecule has 0 saturated carbocycles. The number of hydrogen-bond donors (Lipinski definition) is 1. The number of H-pyrrole nitrogens is 1. The first kappa shape index (κ1) is 12.5. The first-order valence-corrected chi connectivity index (χ1v) is 5.93. The molecule has 2 aromatic heterocycles. The van der Waals surface area contributed by atoms with Crippen LogP contribution in [-0.2, 0) is 6.54 Å². The maximum Gasteiger partial charge on any atom is 0.192 e. The zero-order valence-electron chi connectivity index (χ0n) is 10.7. The van der Waals surface area contributed by atoms with E-state index in [-0.39, 0.29) is 5.78 Å². The maximum absolute atomic E-state index is 11.9. The van der Waals surface area contributed by atoms with Crippen LogP contribution < -0.4 is 0 Å². The number of Topliss-reactive ketones (excluding diaryl/α,β-unsaturated/α-hetero) is 1. The van der Waals surface area contributed by atoms with Crippen LogP contribution in [0.2, 0.25) is 0 Å². The van der Waals surface area contributed by atoms with Gasteiger partial charge in [0.1, 0.15) is 0 Å². The first-order chi connectivity index (χ1) is 8.65. The van der Waals surface area contributed by atoms with Crippen molar-refractivity contribution in [2.24, 2.45) is 0 Å². The number of carbonyl (C=O) groups excluding carboxylic acids is 1. The van der Waals surface area contributed by atoms with Crippen LogP contribution in [0.25, 0.3) is 0 Å². The smallest absolute Gasteiger partial charge is 0.192 e. The molecule has 18 heavy (non-hydrogen) atoms. The summed E-state index contributed by atoms with van der Waals surface area (Å²) in [5.74, 6) is 0.0927. The molecule has 94 valence electrons. The number of nitrogens with one attached hydrogen (secondary N) is 1. The molecule has 0 aliphatic rings. The molecule has 0 aliphatic heterocycles. The van der Waals surface area contributed by atoms with Crippen LogP contribution in [0.3, 0.4) is 0 Å². The maximum atomic E-state index is 11.9. The highest BCUT2D eigenvalue weighted by Crippen LogP contribution is 2.03. The minimum Gasteiger partial charge on any atom is -0.359 e. The molecule has 0 saturated heterocycles. The van der Waals surface area contributed by atoms with Crippen molar-refractivity contribution in [3.05, 3.63) is 53.6 Å². The van der Waals surface area contributed by atoms with E-state index in [1.165, 1.54) is 0 Å². The van der Waals surface area contributed by atoms with Crippen LogP contribution in [0.1, 0.15) is 21.9 Å². The minimum atomic E-state index is 0.0927. The van der Waals surface area contributed by atoms with E-state index < -0.39 is 0 Å². The number of pyridine rings is 1. The Balaban J connectivity index is 1.93. The lowest BCUT2D eigenvalue weighted by Crippen LogP contribution is -2.26. The highest BCUT2D eigenvalue weighted by molar-refractivity contribution is 5.95. The summed E-state index contributed by atoms with van der Waals surface area (Å²) in [4.78, 5) is 21.2. The van der Waals surface area contributed by atoms with Gasteiger partial charge in [-0.1, -0.05) is 6.07 Å². The molecule has 2 heterocycles. The van der Waals surface area contributed by atoms with Crippen LogP contribution in [0.15, 0.2) is 36.5 Å². The Kier molecular flexibility index (Phi) is 3.89. The number of nitrogens with zero attached hydrogens (tertiary/aromatic N) is 2. The Morgan fingerprint density at radius 3 is 2.83 bits per heavy atom. The van der Waals surface area contributed by atoms with E-state index in [1.54, 1.807) is 12.3 Å². The number of hydrogen-bond acceptors (Lipinski definition) is 3. The number of aromatic nitrogens is 2. The number of carbonyl (C=O) groups is 1. The fourth-order valence-electron chi connectivity index (χ4n) is 1.85. The van der Waals surface area contributed by atoms with Crippen LogP contribution in [0.5, 0.6) is 0 Å². The van der Waals surface area contributed by atoms with Gasteiger partial charge in [-0.3, -0.25) is 14.7 Å². The summed E-state index contributed by atoms with van der Waals surface area (Å²) in [6.45, 7) is 3.03. The molecule has 0 aromatic carbocycles. The van der Waals surface area contributed by atoms with E-state index in [1.807, 2.05) is 43.1 Å². The Morgan fingerprint density at radius 2 is 2.17 bits per heavy atom. The monoisotopic (exact) mass is 243 g/mol. The molecule has 1 N–H and O–H groups in total. The van der Waals surface area contributed by atoms with E-state index in [4.69, 9.17) is 0 Å². The Labute approximate surface area is 107 Å². The highest BCUT2D eigenvalue weighted by atomic mass is 16.1. The van der Waals surface area contributed by atoms with E-state index in [2.05, 4.69) is 9.97 Å². The second-order valence-electron chi connectivity index (χ2n) is 4.45. The normalized spacial score (nSPS) is 10.8. The lowest BCUT2D eigenvalue weighted by Gasteiger charge is -2.15. The molecule has 0 spiro atoms. The second kappa shape index (κ2) is 5.60. The third kappa shape index (κ3) is 3.28. The zero-order valence-corrected chi connectivity index (χ0v) is 10.7. The lowest BCUT2D eigenvalue weighted by molar-refractivity contribution is 0.0938. The molecule has 0 unspecified atom stereocenters. The number of likely N-dealkylation sites (N-methyl/N-ethyl adjacent to an activating group) is 1. The standard InChI is InChI=1S/C14H17N3O/c1-11-5-3-6-12(16-11)9-17(2)10-14(18)13-7-4-8-15-13/h3-8,15H,9-10H2,1-2H3. The van der Waals surface area contributed by atoms with Gasteiger partial charge < -0.3 is 4.98 Å². The van der Waals surface area contributed by atoms with Crippen molar-refractivity contribution in [2.45, 2.75) is 13.5 Å².